The Hall–Kier alpha value is -2.52. The molecule has 4 rings (SSSR count). The first-order chi connectivity index (χ1) is 18.3. The average Bonchev–Trinajstić information content (AvgIpc) is 3.30. The number of benzene rings is 2. The standard InChI is InChI=1S/C29H36BrN3O4S/c1-5-35-23-13-9-22(10-14-23)33-27(17-36-24-11-7-21(30)8-12-24)31-32-29(33)38-18-28(34)37-26-16-20(4)6-15-25(26)19(2)3/h7-14,19-20,25-26H,5-6,15-18H2,1-4H3/t20-,25+,26-/m1/s1. The quantitative estimate of drug-likeness (QED) is 0.171. The van der Waals surface area contributed by atoms with Crippen molar-refractivity contribution in [3.05, 3.63) is 58.8 Å². The van der Waals surface area contributed by atoms with Crippen LogP contribution in [0.25, 0.3) is 5.69 Å². The number of halogens is 1. The summed E-state index contributed by atoms with van der Waals surface area (Å²) in [6.45, 7) is 9.45. The van der Waals surface area contributed by atoms with Crippen LogP contribution in [0.2, 0.25) is 0 Å². The molecule has 1 aromatic heterocycles. The summed E-state index contributed by atoms with van der Waals surface area (Å²) in [5.74, 6) is 3.58. The molecule has 38 heavy (non-hydrogen) atoms. The molecule has 1 aliphatic rings. The van der Waals surface area contributed by atoms with Crippen LogP contribution in [0.3, 0.4) is 0 Å². The minimum atomic E-state index is -0.214. The predicted octanol–water partition coefficient (Wildman–Crippen LogP) is 7.10. The minimum absolute atomic E-state index is 0.0225. The van der Waals surface area contributed by atoms with Gasteiger partial charge in [0.2, 0.25) is 0 Å². The summed E-state index contributed by atoms with van der Waals surface area (Å²) >= 11 is 4.77. The van der Waals surface area contributed by atoms with Crippen molar-refractivity contribution in [1.82, 2.24) is 14.8 Å². The lowest BCUT2D eigenvalue weighted by Crippen LogP contribution is -2.36. The van der Waals surface area contributed by atoms with Gasteiger partial charge in [0, 0.05) is 10.2 Å². The Morgan fingerprint density at radius 1 is 1.05 bits per heavy atom. The van der Waals surface area contributed by atoms with Crippen molar-refractivity contribution in [1.29, 1.82) is 0 Å². The molecule has 0 unspecified atom stereocenters. The molecular formula is C29H36BrN3O4S. The van der Waals surface area contributed by atoms with Gasteiger partial charge in [0.15, 0.2) is 11.0 Å². The molecule has 2 aromatic carbocycles. The topological polar surface area (TPSA) is 75.5 Å². The Morgan fingerprint density at radius 3 is 2.42 bits per heavy atom. The van der Waals surface area contributed by atoms with Crippen LogP contribution >= 0.6 is 27.7 Å². The Kier molecular flexibility index (Phi) is 10.1. The zero-order chi connectivity index (χ0) is 27.1. The lowest BCUT2D eigenvalue weighted by molar-refractivity contribution is -0.152. The first-order valence-electron chi connectivity index (χ1n) is 13.2. The van der Waals surface area contributed by atoms with Crippen LogP contribution in [0.5, 0.6) is 11.5 Å². The summed E-state index contributed by atoms with van der Waals surface area (Å²) in [4.78, 5) is 12.9. The summed E-state index contributed by atoms with van der Waals surface area (Å²) in [7, 11) is 0. The van der Waals surface area contributed by atoms with Crippen LogP contribution in [-0.4, -0.2) is 39.2 Å². The third-order valence-corrected chi connectivity index (χ3v) is 8.28. The summed E-state index contributed by atoms with van der Waals surface area (Å²) < 4.78 is 20.5. The van der Waals surface area contributed by atoms with Crippen LogP contribution in [0.4, 0.5) is 0 Å². The molecule has 0 N–H and O–H groups in total. The van der Waals surface area contributed by atoms with E-state index in [9.17, 15) is 4.79 Å². The number of thioether (sulfide) groups is 1. The second kappa shape index (κ2) is 13.5. The molecule has 7 nitrogen and oxygen atoms in total. The molecule has 0 amide bonds. The molecule has 1 saturated carbocycles. The summed E-state index contributed by atoms with van der Waals surface area (Å²) in [5, 5.41) is 9.41. The van der Waals surface area contributed by atoms with Crippen LogP contribution < -0.4 is 9.47 Å². The van der Waals surface area contributed by atoms with Crippen molar-refractivity contribution in [3.63, 3.8) is 0 Å². The van der Waals surface area contributed by atoms with Gasteiger partial charge in [0.25, 0.3) is 0 Å². The number of nitrogens with zero attached hydrogens (tertiary/aromatic N) is 3. The first kappa shape index (κ1) is 28.5. The number of aromatic nitrogens is 3. The molecule has 0 saturated heterocycles. The molecule has 9 heteroatoms. The second-order valence-corrected chi connectivity index (χ2v) is 11.9. The third-order valence-electron chi connectivity index (χ3n) is 6.85. The van der Waals surface area contributed by atoms with E-state index in [4.69, 9.17) is 14.2 Å². The molecule has 1 aliphatic carbocycles. The molecule has 204 valence electrons. The normalized spacial score (nSPS) is 19.4. The van der Waals surface area contributed by atoms with Crippen LogP contribution in [0.1, 0.15) is 52.8 Å². The molecule has 1 fully saturated rings. The van der Waals surface area contributed by atoms with E-state index in [-0.39, 0.29) is 24.4 Å². The molecule has 0 spiro atoms. The smallest absolute Gasteiger partial charge is 0.316 e. The average molecular weight is 603 g/mol. The number of carbonyl (C=O) groups excluding carboxylic acids is 1. The number of esters is 1. The van der Waals surface area contributed by atoms with Crippen molar-refractivity contribution in [2.75, 3.05) is 12.4 Å². The monoisotopic (exact) mass is 601 g/mol. The van der Waals surface area contributed by atoms with Gasteiger partial charge in [-0.3, -0.25) is 9.36 Å². The molecule has 0 bridgehead atoms. The van der Waals surface area contributed by atoms with E-state index < -0.39 is 0 Å². The number of hydrogen-bond acceptors (Lipinski definition) is 7. The molecule has 1 heterocycles. The van der Waals surface area contributed by atoms with Gasteiger partial charge in [-0.15, -0.1) is 10.2 Å². The number of carbonyl (C=O) groups is 1. The predicted molar refractivity (Wildman–Crippen MR) is 153 cm³/mol. The highest BCUT2D eigenvalue weighted by atomic mass is 79.9. The molecular weight excluding hydrogens is 566 g/mol. The molecule has 3 aromatic rings. The number of hydrogen-bond donors (Lipinski definition) is 0. The maximum atomic E-state index is 12.9. The second-order valence-electron chi connectivity index (χ2n) is 10.0. The third kappa shape index (κ3) is 7.53. The van der Waals surface area contributed by atoms with Gasteiger partial charge in [0.05, 0.1) is 12.4 Å². The Balaban J connectivity index is 1.49. The fourth-order valence-electron chi connectivity index (χ4n) is 4.86. The fourth-order valence-corrected chi connectivity index (χ4v) is 5.88. The number of ether oxygens (including phenoxy) is 3. The van der Waals surface area contributed by atoms with Crippen LogP contribution in [-0.2, 0) is 16.1 Å². The Labute approximate surface area is 237 Å². The summed E-state index contributed by atoms with van der Waals surface area (Å²) in [6.07, 6.45) is 3.21. The maximum Gasteiger partial charge on any atom is 0.316 e. The van der Waals surface area contributed by atoms with Gasteiger partial charge >= 0.3 is 5.97 Å². The van der Waals surface area contributed by atoms with E-state index >= 15 is 0 Å². The zero-order valence-electron chi connectivity index (χ0n) is 22.4. The van der Waals surface area contributed by atoms with Crippen LogP contribution in [0, 0.1) is 17.8 Å². The highest BCUT2D eigenvalue weighted by Crippen LogP contribution is 2.35. The largest absolute Gasteiger partial charge is 0.494 e. The van der Waals surface area contributed by atoms with Gasteiger partial charge in [0.1, 0.15) is 24.2 Å². The Bertz CT molecular complexity index is 1180. The highest BCUT2D eigenvalue weighted by Gasteiger charge is 2.33. The molecule has 0 aliphatic heterocycles. The minimum Gasteiger partial charge on any atom is -0.494 e. The van der Waals surface area contributed by atoms with Crippen LogP contribution in [0.15, 0.2) is 58.2 Å². The maximum absolute atomic E-state index is 12.9. The first-order valence-corrected chi connectivity index (χ1v) is 15.0. The van der Waals surface area contributed by atoms with Crippen molar-refractivity contribution in [2.24, 2.45) is 17.8 Å². The molecule has 0 radical (unpaired) electrons. The van der Waals surface area contributed by atoms with E-state index in [1.54, 1.807) is 0 Å². The van der Waals surface area contributed by atoms with Crippen molar-refractivity contribution >= 4 is 33.7 Å². The van der Waals surface area contributed by atoms with Crippen molar-refractivity contribution in [2.45, 2.75) is 64.8 Å². The SMILES string of the molecule is CCOc1ccc(-n2c(COc3ccc(Br)cc3)nnc2SCC(=O)O[C@@H]2C[C@H](C)CC[C@H]2C(C)C)cc1. The van der Waals surface area contributed by atoms with E-state index in [1.165, 1.54) is 18.2 Å². The van der Waals surface area contributed by atoms with E-state index in [0.717, 1.165) is 34.5 Å². The molecule has 3 atom stereocenters. The lowest BCUT2D eigenvalue weighted by Gasteiger charge is -2.36. The van der Waals surface area contributed by atoms with Gasteiger partial charge in [-0.2, -0.15) is 0 Å². The summed E-state index contributed by atoms with van der Waals surface area (Å²) in [6, 6.07) is 15.4. The Morgan fingerprint density at radius 2 is 1.74 bits per heavy atom. The highest BCUT2D eigenvalue weighted by molar-refractivity contribution is 9.10. The lowest BCUT2D eigenvalue weighted by atomic mass is 9.75. The van der Waals surface area contributed by atoms with Gasteiger partial charge < -0.3 is 14.2 Å². The van der Waals surface area contributed by atoms with Crippen molar-refractivity contribution in [3.8, 4) is 17.2 Å². The van der Waals surface area contributed by atoms with Gasteiger partial charge in [-0.25, -0.2) is 0 Å². The van der Waals surface area contributed by atoms with E-state index in [2.05, 4.69) is 46.9 Å². The van der Waals surface area contributed by atoms with Crippen molar-refractivity contribution < 1.29 is 19.0 Å². The van der Waals surface area contributed by atoms with E-state index in [1.807, 2.05) is 60.0 Å². The zero-order valence-corrected chi connectivity index (χ0v) is 24.8. The van der Waals surface area contributed by atoms with Gasteiger partial charge in [-0.05, 0) is 86.1 Å². The summed E-state index contributed by atoms with van der Waals surface area (Å²) in [5.41, 5.74) is 0.865. The van der Waals surface area contributed by atoms with E-state index in [0.29, 0.717) is 35.3 Å². The number of rotatable bonds is 11. The van der Waals surface area contributed by atoms with Gasteiger partial charge in [-0.1, -0.05) is 54.9 Å². The fraction of sp³-hybridized carbons (Fsp3) is 0.483.